The number of ether oxygens (including phenoxy) is 1. The maximum Gasteiger partial charge on any atom is 0.247 e. The molecule has 2 heterocycles. The number of carbonyl (C=O) groups is 1. The van der Waals surface area contributed by atoms with E-state index in [4.69, 9.17) is 9.72 Å². The van der Waals surface area contributed by atoms with Crippen molar-refractivity contribution in [1.29, 1.82) is 0 Å². The molecule has 0 spiro atoms. The highest BCUT2D eigenvalue weighted by atomic mass is 32.2. The average Bonchev–Trinajstić information content (AvgIpc) is 3.55. The van der Waals surface area contributed by atoms with E-state index in [0.717, 1.165) is 27.9 Å². The van der Waals surface area contributed by atoms with E-state index in [0.29, 0.717) is 23.7 Å². The summed E-state index contributed by atoms with van der Waals surface area (Å²) in [6.45, 7) is 0.462. The van der Waals surface area contributed by atoms with Gasteiger partial charge in [0.2, 0.25) is 15.9 Å². The molecule has 1 aromatic heterocycles. The van der Waals surface area contributed by atoms with Crippen molar-refractivity contribution in [3.8, 4) is 5.75 Å². The summed E-state index contributed by atoms with van der Waals surface area (Å²) in [6, 6.07) is 18.8. The summed E-state index contributed by atoms with van der Waals surface area (Å²) in [5.41, 5.74) is 1.62. The van der Waals surface area contributed by atoms with Gasteiger partial charge in [-0.2, -0.15) is 4.31 Å². The zero-order valence-electron chi connectivity index (χ0n) is 19.5. The number of anilines is 1. The molecule has 1 saturated heterocycles. The van der Waals surface area contributed by atoms with Gasteiger partial charge in [0, 0.05) is 6.54 Å². The van der Waals surface area contributed by atoms with Crippen molar-refractivity contribution in [1.82, 2.24) is 9.29 Å². The van der Waals surface area contributed by atoms with E-state index in [1.807, 2.05) is 48.5 Å². The summed E-state index contributed by atoms with van der Waals surface area (Å²) >= 11 is 1.35. The van der Waals surface area contributed by atoms with Crippen LogP contribution in [0.1, 0.15) is 18.4 Å². The maximum atomic E-state index is 14.0. The van der Waals surface area contributed by atoms with Crippen LogP contribution in [0.2, 0.25) is 0 Å². The molecule has 1 fully saturated rings. The van der Waals surface area contributed by atoms with Crippen molar-refractivity contribution < 1.29 is 22.3 Å². The molecule has 0 radical (unpaired) electrons. The molecule has 7 nitrogen and oxygen atoms in total. The zero-order valence-corrected chi connectivity index (χ0v) is 21.1. The highest BCUT2D eigenvalue weighted by molar-refractivity contribution is 7.89. The number of methoxy groups -OCH3 is 1. The number of fused-ring (bicyclic) bond motifs is 1. The molecule has 1 aliphatic rings. The molecule has 1 aliphatic heterocycles. The summed E-state index contributed by atoms with van der Waals surface area (Å²) in [7, 11) is -2.40. The van der Waals surface area contributed by atoms with Crippen molar-refractivity contribution in [2.24, 2.45) is 0 Å². The van der Waals surface area contributed by atoms with Crippen molar-refractivity contribution in [3.05, 3.63) is 84.2 Å². The van der Waals surface area contributed by atoms with E-state index in [9.17, 15) is 17.6 Å². The zero-order chi connectivity index (χ0) is 25.3. The molecule has 3 aromatic carbocycles. The van der Waals surface area contributed by atoms with E-state index in [1.54, 1.807) is 12.0 Å². The van der Waals surface area contributed by atoms with E-state index in [2.05, 4.69) is 0 Å². The van der Waals surface area contributed by atoms with Gasteiger partial charge >= 0.3 is 0 Å². The van der Waals surface area contributed by atoms with Crippen LogP contribution in [0, 0.1) is 5.82 Å². The molecular weight excluding hydrogens is 501 g/mol. The number of thiazole rings is 1. The molecule has 1 unspecified atom stereocenters. The number of nitrogens with zero attached hydrogens (tertiary/aromatic N) is 3. The van der Waals surface area contributed by atoms with Gasteiger partial charge in [0.15, 0.2) is 5.13 Å². The van der Waals surface area contributed by atoms with Crippen LogP contribution >= 0.6 is 11.3 Å². The average molecular weight is 526 g/mol. The number of amides is 1. The highest BCUT2D eigenvalue weighted by Crippen LogP contribution is 2.35. The highest BCUT2D eigenvalue weighted by Gasteiger charge is 2.42. The Morgan fingerprint density at radius 3 is 2.61 bits per heavy atom. The van der Waals surface area contributed by atoms with Crippen LogP contribution in [0.4, 0.5) is 9.52 Å². The fraction of sp³-hybridized carbons (Fsp3) is 0.231. The molecular formula is C26H24FN3O4S2. The molecule has 4 aromatic rings. The molecule has 0 saturated carbocycles. The van der Waals surface area contributed by atoms with Gasteiger partial charge in [0.25, 0.3) is 0 Å². The lowest BCUT2D eigenvalue weighted by Gasteiger charge is -2.28. The van der Waals surface area contributed by atoms with Crippen molar-refractivity contribution in [2.45, 2.75) is 30.3 Å². The second-order valence-electron chi connectivity index (χ2n) is 8.47. The molecule has 5 rings (SSSR count). The summed E-state index contributed by atoms with van der Waals surface area (Å²) in [4.78, 5) is 20.2. The van der Waals surface area contributed by atoms with Crippen molar-refractivity contribution in [2.75, 3.05) is 18.6 Å². The van der Waals surface area contributed by atoms with Gasteiger partial charge in [0.05, 0.1) is 28.8 Å². The number of hydrogen-bond acceptors (Lipinski definition) is 6. The molecule has 0 aliphatic carbocycles. The maximum absolute atomic E-state index is 14.0. The third kappa shape index (κ3) is 4.71. The molecule has 36 heavy (non-hydrogen) atoms. The number of rotatable bonds is 7. The van der Waals surface area contributed by atoms with Gasteiger partial charge in [-0.15, -0.1) is 0 Å². The summed E-state index contributed by atoms with van der Waals surface area (Å²) in [5, 5.41) is 0.484. The monoisotopic (exact) mass is 525 g/mol. The van der Waals surface area contributed by atoms with Gasteiger partial charge in [-0.3, -0.25) is 9.69 Å². The predicted molar refractivity (Wildman–Crippen MR) is 137 cm³/mol. The SMILES string of the molecule is COc1ccc2nc(N(Cc3ccccc3)C(=O)C3CCCN3S(=O)(=O)c3ccc(F)cc3)sc2c1. The normalized spacial score (nSPS) is 16.3. The Hall–Kier alpha value is -3.34. The van der Waals surface area contributed by atoms with Crippen molar-refractivity contribution >= 4 is 42.6 Å². The van der Waals surface area contributed by atoms with Crippen LogP contribution in [0.15, 0.2) is 77.7 Å². The van der Waals surface area contributed by atoms with Crippen LogP contribution in [0.3, 0.4) is 0 Å². The quantitative estimate of drug-likeness (QED) is 0.345. The first kappa shape index (κ1) is 24.4. The minimum Gasteiger partial charge on any atom is -0.497 e. The second-order valence-corrected chi connectivity index (χ2v) is 11.4. The molecule has 0 bridgehead atoms. The number of halogens is 1. The Morgan fingerprint density at radius 1 is 1.14 bits per heavy atom. The fourth-order valence-corrected chi connectivity index (χ4v) is 6.99. The first-order chi connectivity index (χ1) is 17.4. The van der Waals surface area contributed by atoms with Crippen LogP contribution in [-0.4, -0.2) is 43.3 Å². The van der Waals surface area contributed by atoms with Gasteiger partial charge in [0.1, 0.15) is 17.6 Å². The Balaban J connectivity index is 1.52. The lowest BCUT2D eigenvalue weighted by Crippen LogP contribution is -2.47. The molecule has 1 amide bonds. The number of benzene rings is 3. The number of hydrogen-bond donors (Lipinski definition) is 0. The predicted octanol–water partition coefficient (Wildman–Crippen LogP) is 4.83. The second kappa shape index (κ2) is 9.96. The summed E-state index contributed by atoms with van der Waals surface area (Å²) < 4.78 is 47.6. The summed E-state index contributed by atoms with van der Waals surface area (Å²) in [5.74, 6) is -0.177. The van der Waals surface area contributed by atoms with Crippen LogP contribution in [0.25, 0.3) is 10.2 Å². The fourth-order valence-electron chi connectivity index (χ4n) is 4.34. The number of sulfonamides is 1. The molecule has 10 heteroatoms. The largest absolute Gasteiger partial charge is 0.497 e. The molecule has 1 atom stereocenters. The Morgan fingerprint density at radius 2 is 1.89 bits per heavy atom. The number of aromatic nitrogens is 1. The van der Waals surface area contributed by atoms with Crippen molar-refractivity contribution in [3.63, 3.8) is 0 Å². The van der Waals surface area contributed by atoms with Crippen LogP contribution in [-0.2, 0) is 21.4 Å². The van der Waals surface area contributed by atoms with Gasteiger partial charge in [-0.1, -0.05) is 41.7 Å². The van der Waals surface area contributed by atoms with E-state index in [-0.39, 0.29) is 23.9 Å². The van der Waals surface area contributed by atoms with Crippen LogP contribution in [0.5, 0.6) is 5.75 Å². The van der Waals surface area contributed by atoms with Gasteiger partial charge in [-0.25, -0.2) is 17.8 Å². The van der Waals surface area contributed by atoms with E-state index in [1.165, 1.54) is 27.8 Å². The Bertz CT molecular complexity index is 1490. The topological polar surface area (TPSA) is 79.8 Å². The first-order valence-electron chi connectivity index (χ1n) is 11.4. The molecule has 186 valence electrons. The third-order valence-corrected chi connectivity index (χ3v) is 9.14. The Kier molecular flexibility index (Phi) is 6.74. The van der Waals surface area contributed by atoms with E-state index < -0.39 is 21.9 Å². The standard InChI is InChI=1S/C26H24FN3O4S2/c1-34-20-11-14-22-24(16-20)35-26(28-22)29(17-18-6-3-2-4-7-18)25(31)23-8-5-15-30(23)36(32,33)21-12-9-19(27)10-13-21/h2-4,6-7,9-14,16,23H,5,8,15,17H2,1H3. The number of carbonyl (C=O) groups excluding carboxylic acids is 1. The van der Waals surface area contributed by atoms with E-state index >= 15 is 0 Å². The lowest BCUT2D eigenvalue weighted by molar-refractivity contribution is -0.121. The minimum atomic E-state index is -3.99. The first-order valence-corrected chi connectivity index (χ1v) is 13.7. The third-order valence-electron chi connectivity index (χ3n) is 6.17. The minimum absolute atomic E-state index is 0.0368. The van der Waals surface area contributed by atoms with Gasteiger partial charge in [-0.05, 0) is 60.9 Å². The summed E-state index contributed by atoms with van der Waals surface area (Å²) in [6.07, 6.45) is 0.941. The van der Waals surface area contributed by atoms with Gasteiger partial charge < -0.3 is 4.74 Å². The van der Waals surface area contributed by atoms with Crippen LogP contribution < -0.4 is 9.64 Å². The lowest BCUT2D eigenvalue weighted by atomic mass is 10.1. The Labute approximate surface area is 212 Å². The smallest absolute Gasteiger partial charge is 0.247 e. The molecule has 0 N–H and O–H groups in total.